The molecule has 0 N–H and O–H groups in total. The smallest absolute Gasteiger partial charge is 0.125 e. The molecule has 3 nitrogen and oxygen atoms in total. The quantitative estimate of drug-likeness (QED) is 0.690. The van der Waals surface area contributed by atoms with Crippen LogP contribution >= 0.6 is 11.6 Å². The Kier molecular flexibility index (Phi) is 3.59. The van der Waals surface area contributed by atoms with Gasteiger partial charge in [-0.25, -0.2) is 9.37 Å². The fourth-order valence-corrected chi connectivity index (χ4v) is 2.50. The lowest BCUT2D eigenvalue weighted by molar-refractivity contribution is 0.628. The van der Waals surface area contributed by atoms with Crippen LogP contribution < -0.4 is 0 Å². The van der Waals surface area contributed by atoms with E-state index in [1.165, 1.54) is 12.1 Å². The molecule has 0 atom stereocenters. The minimum Gasteiger partial charge on any atom is -0.322 e. The Bertz CT molecular complexity index is 831. The molecule has 0 aliphatic heterocycles. The van der Waals surface area contributed by atoms with Crippen molar-refractivity contribution in [3.63, 3.8) is 0 Å². The zero-order valence-corrected chi connectivity index (χ0v) is 11.8. The number of benzene rings is 2. The van der Waals surface area contributed by atoms with Crippen molar-refractivity contribution in [3.05, 3.63) is 65.2 Å². The largest absolute Gasteiger partial charge is 0.322 e. The number of nitriles is 1. The van der Waals surface area contributed by atoms with Gasteiger partial charge in [-0.2, -0.15) is 5.26 Å². The van der Waals surface area contributed by atoms with E-state index in [1.807, 2.05) is 16.7 Å². The number of rotatable bonds is 3. The zero-order valence-electron chi connectivity index (χ0n) is 11.1. The molecule has 3 aromatic rings. The molecule has 5 heteroatoms. The lowest BCUT2D eigenvalue weighted by atomic mass is 10.1. The van der Waals surface area contributed by atoms with Gasteiger partial charge in [0.2, 0.25) is 0 Å². The standard InChI is InChI=1S/C16H11ClFN3/c17-8-16-20-14-6-5-13(18)7-15(14)21(16)10-12-3-1-11(9-19)2-4-12/h1-7H,8,10H2. The lowest BCUT2D eigenvalue weighted by Gasteiger charge is -2.08. The minimum atomic E-state index is -0.301. The maximum absolute atomic E-state index is 13.5. The second-order valence-electron chi connectivity index (χ2n) is 4.69. The van der Waals surface area contributed by atoms with E-state index in [2.05, 4.69) is 11.1 Å². The highest BCUT2D eigenvalue weighted by Crippen LogP contribution is 2.20. The molecule has 0 bridgehead atoms. The molecule has 1 aromatic heterocycles. The second kappa shape index (κ2) is 5.55. The molecule has 0 amide bonds. The highest BCUT2D eigenvalue weighted by molar-refractivity contribution is 6.16. The van der Waals surface area contributed by atoms with Crippen LogP contribution in [0.25, 0.3) is 11.0 Å². The van der Waals surface area contributed by atoms with Gasteiger partial charge in [0, 0.05) is 6.54 Å². The molecule has 0 unspecified atom stereocenters. The Balaban J connectivity index is 2.05. The van der Waals surface area contributed by atoms with Crippen LogP contribution in [0, 0.1) is 17.1 Å². The summed E-state index contributed by atoms with van der Waals surface area (Å²) >= 11 is 5.94. The molecule has 0 saturated carbocycles. The summed E-state index contributed by atoms with van der Waals surface area (Å²) < 4.78 is 15.4. The topological polar surface area (TPSA) is 41.6 Å². The van der Waals surface area contributed by atoms with Gasteiger partial charge in [-0.15, -0.1) is 11.6 Å². The Labute approximate surface area is 126 Å². The van der Waals surface area contributed by atoms with Crippen LogP contribution in [0.5, 0.6) is 0 Å². The van der Waals surface area contributed by atoms with Crippen molar-refractivity contribution in [3.8, 4) is 6.07 Å². The summed E-state index contributed by atoms with van der Waals surface area (Å²) in [6, 6.07) is 13.9. The Hall–Kier alpha value is -2.38. The molecular formula is C16H11ClFN3. The van der Waals surface area contributed by atoms with E-state index in [0.29, 0.717) is 17.9 Å². The van der Waals surface area contributed by atoms with E-state index >= 15 is 0 Å². The van der Waals surface area contributed by atoms with Crippen molar-refractivity contribution in [2.24, 2.45) is 0 Å². The summed E-state index contributed by atoms with van der Waals surface area (Å²) in [7, 11) is 0. The summed E-state index contributed by atoms with van der Waals surface area (Å²) in [4.78, 5) is 4.41. The number of halogens is 2. The molecule has 0 spiro atoms. The van der Waals surface area contributed by atoms with Gasteiger partial charge in [0.15, 0.2) is 0 Å². The summed E-state index contributed by atoms with van der Waals surface area (Å²) in [6.45, 7) is 0.535. The van der Waals surface area contributed by atoms with Crippen molar-refractivity contribution in [2.45, 2.75) is 12.4 Å². The minimum absolute atomic E-state index is 0.257. The fourth-order valence-electron chi connectivity index (χ4n) is 2.29. The monoisotopic (exact) mass is 299 g/mol. The average molecular weight is 300 g/mol. The first-order valence-corrected chi connectivity index (χ1v) is 6.94. The molecular weight excluding hydrogens is 289 g/mol. The Morgan fingerprint density at radius 3 is 2.62 bits per heavy atom. The van der Waals surface area contributed by atoms with E-state index in [1.54, 1.807) is 18.2 Å². The van der Waals surface area contributed by atoms with Crippen LogP contribution in [-0.2, 0) is 12.4 Å². The SMILES string of the molecule is N#Cc1ccc(Cn2c(CCl)nc3ccc(F)cc32)cc1. The van der Waals surface area contributed by atoms with Gasteiger partial charge < -0.3 is 4.57 Å². The molecule has 0 radical (unpaired) electrons. The summed E-state index contributed by atoms with van der Waals surface area (Å²) in [6.07, 6.45) is 0. The summed E-state index contributed by atoms with van der Waals surface area (Å²) in [5.41, 5.74) is 3.05. The number of imidazole rings is 1. The first-order chi connectivity index (χ1) is 10.2. The third kappa shape index (κ3) is 2.61. The number of fused-ring (bicyclic) bond motifs is 1. The van der Waals surface area contributed by atoms with Crippen molar-refractivity contribution < 1.29 is 4.39 Å². The van der Waals surface area contributed by atoms with E-state index in [-0.39, 0.29) is 11.7 Å². The normalized spacial score (nSPS) is 10.7. The number of nitrogens with zero attached hydrogens (tertiary/aromatic N) is 3. The van der Waals surface area contributed by atoms with Crippen LogP contribution in [0.3, 0.4) is 0 Å². The molecule has 3 rings (SSSR count). The fraction of sp³-hybridized carbons (Fsp3) is 0.125. The third-order valence-corrected chi connectivity index (χ3v) is 3.57. The molecule has 0 aliphatic rings. The van der Waals surface area contributed by atoms with Gasteiger partial charge in [-0.1, -0.05) is 12.1 Å². The van der Waals surface area contributed by atoms with E-state index in [4.69, 9.17) is 16.9 Å². The third-order valence-electron chi connectivity index (χ3n) is 3.33. The van der Waals surface area contributed by atoms with Crippen LogP contribution in [0.2, 0.25) is 0 Å². The van der Waals surface area contributed by atoms with Gasteiger partial charge in [0.1, 0.15) is 11.6 Å². The number of hydrogen-bond acceptors (Lipinski definition) is 2. The van der Waals surface area contributed by atoms with E-state index in [0.717, 1.165) is 16.6 Å². The van der Waals surface area contributed by atoms with Gasteiger partial charge in [0.25, 0.3) is 0 Å². The van der Waals surface area contributed by atoms with Crippen LogP contribution in [0.4, 0.5) is 4.39 Å². The lowest BCUT2D eigenvalue weighted by Crippen LogP contribution is -2.04. The maximum atomic E-state index is 13.5. The predicted octanol–water partition coefficient (Wildman–Crippen LogP) is 3.83. The Morgan fingerprint density at radius 1 is 1.19 bits per heavy atom. The Morgan fingerprint density at radius 2 is 1.95 bits per heavy atom. The van der Waals surface area contributed by atoms with Gasteiger partial charge in [0.05, 0.1) is 28.5 Å². The summed E-state index contributed by atoms with van der Waals surface area (Å²) in [5.74, 6) is 0.651. The molecule has 1 heterocycles. The van der Waals surface area contributed by atoms with E-state index in [9.17, 15) is 4.39 Å². The van der Waals surface area contributed by atoms with Crippen LogP contribution in [-0.4, -0.2) is 9.55 Å². The predicted molar refractivity (Wildman–Crippen MR) is 79.5 cm³/mol. The average Bonchev–Trinajstić information content (AvgIpc) is 2.85. The van der Waals surface area contributed by atoms with Gasteiger partial charge >= 0.3 is 0 Å². The molecule has 21 heavy (non-hydrogen) atoms. The second-order valence-corrected chi connectivity index (χ2v) is 4.96. The molecule has 104 valence electrons. The molecule has 0 saturated heterocycles. The highest BCUT2D eigenvalue weighted by Gasteiger charge is 2.11. The number of aromatic nitrogens is 2. The number of hydrogen-bond donors (Lipinski definition) is 0. The number of alkyl halides is 1. The summed E-state index contributed by atoms with van der Waals surface area (Å²) in [5, 5.41) is 8.81. The molecule has 0 aliphatic carbocycles. The van der Waals surface area contributed by atoms with E-state index < -0.39 is 0 Å². The van der Waals surface area contributed by atoms with Crippen LogP contribution in [0.1, 0.15) is 17.0 Å². The maximum Gasteiger partial charge on any atom is 0.125 e. The zero-order chi connectivity index (χ0) is 14.8. The van der Waals surface area contributed by atoms with Crippen molar-refractivity contribution in [1.82, 2.24) is 9.55 Å². The van der Waals surface area contributed by atoms with Crippen LogP contribution in [0.15, 0.2) is 42.5 Å². The van der Waals surface area contributed by atoms with Crippen molar-refractivity contribution >= 4 is 22.6 Å². The van der Waals surface area contributed by atoms with Crippen molar-refractivity contribution in [1.29, 1.82) is 5.26 Å². The first-order valence-electron chi connectivity index (χ1n) is 6.41. The highest BCUT2D eigenvalue weighted by atomic mass is 35.5. The van der Waals surface area contributed by atoms with Gasteiger partial charge in [-0.05, 0) is 35.9 Å². The van der Waals surface area contributed by atoms with Crippen molar-refractivity contribution in [2.75, 3.05) is 0 Å². The molecule has 2 aromatic carbocycles. The molecule has 0 fully saturated rings. The first kappa shape index (κ1) is 13.6. The van der Waals surface area contributed by atoms with Gasteiger partial charge in [-0.3, -0.25) is 0 Å².